The van der Waals surface area contributed by atoms with Crippen molar-refractivity contribution < 1.29 is 9.90 Å². The molecule has 0 amide bonds. The van der Waals surface area contributed by atoms with Gasteiger partial charge in [0.2, 0.25) is 0 Å². The number of fused-ring (bicyclic) bond motifs is 1. The molecule has 0 aliphatic carbocycles. The number of carbonyl (C=O) groups is 1. The first-order valence-electron chi connectivity index (χ1n) is 4.85. The molecule has 0 aromatic carbocycles. The Morgan fingerprint density at radius 1 is 1.41 bits per heavy atom. The molecule has 0 radical (unpaired) electrons. The van der Waals surface area contributed by atoms with Crippen molar-refractivity contribution in [3.63, 3.8) is 0 Å². The first-order chi connectivity index (χ1) is 8.27. The van der Waals surface area contributed by atoms with Crippen LogP contribution >= 0.6 is 11.3 Å². The topological polar surface area (TPSA) is 68.0 Å². The van der Waals surface area contributed by atoms with Crippen LogP contribution in [0.25, 0.3) is 16.7 Å². The van der Waals surface area contributed by atoms with Crippen LogP contribution in [0.5, 0.6) is 0 Å². The zero-order valence-corrected chi connectivity index (χ0v) is 9.39. The number of hydrogen-bond donors (Lipinski definition) is 1. The van der Waals surface area contributed by atoms with Gasteiger partial charge in [-0.2, -0.15) is 0 Å². The molecule has 0 bridgehead atoms. The zero-order chi connectivity index (χ0) is 11.8. The normalized spacial score (nSPS) is 10.8. The Balaban J connectivity index is 2.28. The minimum atomic E-state index is -0.930. The minimum Gasteiger partial charge on any atom is -0.477 e. The summed E-state index contributed by atoms with van der Waals surface area (Å²) in [4.78, 5) is 19.6. The van der Waals surface area contributed by atoms with Gasteiger partial charge >= 0.3 is 5.97 Å². The lowest BCUT2D eigenvalue weighted by molar-refractivity contribution is 0.0702. The lowest BCUT2D eigenvalue weighted by Gasteiger charge is -2.02. The summed E-state index contributed by atoms with van der Waals surface area (Å²) in [6, 6.07) is 3.56. The lowest BCUT2D eigenvalue weighted by Crippen LogP contribution is -2.00. The Morgan fingerprint density at radius 2 is 2.29 bits per heavy atom. The van der Waals surface area contributed by atoms with E-state index < -0.39 is 5.97 Å². The summed E-state index contributed by atoms with van der Waals surface area (Å²) in [6.45, 7) is 0. The van der Waals surface area contributed by atoms with Crippen LogP contribution < -0.4 is 0 Å². The number of carboxylic acid groups (broad SMARTS) is 1. The maximum Gasteiger partial charge on any atom is 0.348 e. The fraction of sp³-hybridized carbons (Fsp3) is 0. The molecule has 0 saturated heterocycles. The molecule has 0 atom stereocenters. The summed E-state index contributed by atoms with van der Waals surface area (Å²) < 4.78 is 1.74. The summed E-state index contributed by atoms with van der Waals surface area (Å²) in [7, 11) is 0. The molecule has 3 rings (SSSR count). The standard InChI is InChI=1S/C11H7N3O2S/c15-11(16)10-8(2-4-17-10)14-6-13-7-1-3-12-5-9(7)14/h1-6H,(H,15,16). The van der Waals surface area contributed by atoms with Gasteiger partial charge in [0, 0.05) is 6.20 Å². The first kappa shape index (κ1) is 9.98. The van der Waals surface area contributed by atoms with Crippen LogP contribution in [0.3, 0.4) is 0 Å². The van der Waals surface area contributed by atoms with Crippen LogP contribution in [0.4, 0.5) is 0 Å². The van der Waals surface area contributed by atoms with Gasteiger partial charge in [-0.15, -0.1) is 11.3 Å². The SMILES string of the molecule is O=C(O)c1sccc1-n1cnc2ccncc21. The van der Waals surface area contributed by atoms with E-state index in [4.69, 9.17) is 5.11 Å². The lowest BCUT2D eigenvalue weighted by atomic mass is 10.3. The molecule has 0 spiro atoms. The van der Waals surface area contributed by atoms with E-state index in [1.54, 1.807) is 40.8 Å². The van der Waals surface area contributed by atoms with Crippen LogP contribution in [0.15, 0.2) is 36.2 Å². The Labute approximate surface area is 100.0 Å². The van der Waals surface area contributed by atoms with Crippen molar-refractivity contribution in [1.29, 1.82) is 0 Å². The third kappa shape index (κ3) is 1.50. The fourth-order valence-electron chi connectivity index (χ4n) is 1.70. The van der Waals surface area contributed by atoms with E-state index in [1.807, 2.05) is 0 Å². The smallest absolute Gasteiger partial charge is 0.348 e. The quantitative estimate of drug-likeness (QED) is 0.751. The molecule has 0 fully saturated rings. The molecule has 6 heteroatoms. The van der Waals surface area contributed by atoms with Crippen molar-refractivity contribution in [1.82, 2.24) is 14.5 Å². The van der Waals surface area contributed by atoms with E-state index in [-0.39, 0.29) is 0 Å². The maximum atomic E-state index is 11.1. The average Bonchev–Trinajstić information content (AvgIpc) is 2.94. The molecule has 0 saturated carbocycles. The molecule has 1 N–H and O–H groups in total. The predicted molar refractivity (Wildman–Crippen MR) is 63.7 cm³/mol. The van der Waals surface area contributed by atoms with Crippen molar-refractivity contribution >= 4 is 28.3 Å². The van der Waals surface area contributed by atoms with Gasteiger partial charge < -0.3 is 5.11 Å². The third-order valence-electron chi connectivity index (χ3n) is 2.45. The largest absolute Gasteiger partial charge is 0.477 e. The maximum absolute atomic E-state index is 11.1. The second-order valence-corrected chi connectivity index (χ2v) is 4.34. The third-order valence-corrected chi connectivity index (χ3v) is 3.34. The van der Waals surface area contributed by atoms with Crippen LogP contribution in [-0.4, -0.2) is 25.6 Å². The van der Waals surface area contributed by atoms with Crippen LogP contribution in [0, 0.1) is 0 Å². The van der Waals surface area contributed by atoms with Gasteiger partial charge in [0.25, 0.3) is 0 Å². The first-order valence-corrected chi connectivity index (χ1v) is 5.73. The number of rotatable bonds is 2. The molecule has 3 aromatic rings. The Kier molecular flexibility index (Phi) is 2.15. The summed E-state index contributed by atoms with van der Waals surface area (Å²) in [5, 5.41) is 10.8. The second-order valence-electron chi connectivity index (χ2n) is 3.42. The van der Waals surface area contributed by atoms with Crippen LogP contribution in [-0.2, 0) is 0 Å². The number of aromatic carboxylic acids is 1. The molecule has 0 unspecified atom stereocenters. The number of thiophene rings is 1. The minimum absolute atomic E-state index is 0.299. The molecule has 0 aliphatic heterocycles. The molecular formula is C11H7N3O2S. The fourth-order valence-corrected chi connectivity index (χ4v) is 2.42. The van der Waals surface area contributed by atoms with E-state index in [1.165, 1.54) is 11.3 Å². The highest BCUT2D eigenvalue weighted by molar-refractivity contribution is 7.12. The van der Waals surface area contributed by atoms with Gasteiger partial charge in [0.1, 0.15) is 11.2 Å². The summed E-state index contributed by atoms with van der Waals surface area (Å²) >= 11 is 1.20. The number of aromatic nitrogens is 3. The molecule has 84 valence electrons. The predicted octanol–water partition coefficient (Wildman–Crippen LogP) is 2.18. The molecule has 0 aliphatic rings. The van der Waals surface area contributed by atoms with Gasteiger partial charge in [-0.3, -0.25) is 9.55 Å². The van der Waals surface area contributed by atoms with E-state index >= 15 is 0 Å². The Hall–Kier alpha value is -2.21. The highest BCUT2D eigenvalue weighted by Crippen LogP contribution is 2.24. The zero-order valence-electron chi connectivity index (χ0n) is 8.57. The van der Waals surface area contributed by atoms with E-state index in [9.17, 15) is 4.79 Å². The Morgan fingerprint density at radius 3 is 3.12 bits per heavy atom. The monoisotopic (exact) mass is 245 g/mol. The van der Waals surface area contributed by atoms with Crippen molar-refractivity contribution in [3.05, 3.63) is 41.1 Å². The van der Waals surface area contributed by atoms with Gasteiger partial charge in [0.05, 0.1) is 22.9 Å². The Bertz CT molecular complexity index is 701. The average molecular weight is 245 g/mol. The number of pyridine rings is 1. The summed E-state index contributed by atoms with van der Waals surface area (Å²) in [5.41, 5.74) is 2.22. The van der Waals surface area contributed by atoms with Crippen molar-refractivity contribution in [2.45, 2.75) is 0 Å². The summed E-state index contributed by atoms with van der Waals surface area (Å²) in [5.74, 6) is -0.930. The van der Waals surface area contributed by atoms with Crippen molar-refractivity contribution in [2.24, 2.45) is 0 Å². The number of carboxylic acids is 1. The van der Waals surface area contributed by atoms with E-state index in [0.717, 1.165) is 11.0 Å². The molecular weight excluding hydrogens is 238 g/mol. The highest BCUT2D eigenvalue weighted by Gasteiger charge is 2.15. The number of nitrogens with zero attached hydrogens (tertiary/aromatic N) is 3. The number of hydrogen-bond acceptors (Lipinski definition) is 4. The number of imidazole rings is 1. The van der Waals surface area contributed by atoms with Gasteiger partial charge in [-0.05, 0) is 17.5 Å². The van der Waals surface area contributed by atoms with Gasteiger partial charge in [-0.1, -0.05) is 0 Å². The molecule has 3 heterocycles. The van der Waals surface area contributed by atoms with Crippen molar-refractivity contribution in [3.8, 4) is 5.69 Å². The second kappa shape index (κ2) is 3.67. The molecule has 17 heavy (non-hydrogen) atoms. The van der Waals surface area contributed by atoms with E-state index in [2.05, 4.69) is 9.97 Å². The molecule has 5 nitrogen and oxygen atoms in total. The summed E-state index contributed by atoms with van der Waals surface area (Å²) in [6.07, 6.45) is 4.94. The molecule has 3 aromatic heterocycles. The van der Waals surface area contributed by atoms with Crippen LogP contribution in [0.1, 0.15) is 9.67 Å². The van der Waals surface area contributed by atoms with Gasteiger partial charge in [0.15, 0.2) is 0 Å². The highest BCUT2D eigenvalue weighted by atomic mass is 32.1. The van der Waals surface area contributed by atoms with Crippen LogP contribution in [0.2, 0.25) is 0 Å². The van der Waals surface area contributed by atoms with Gasteiger partial charge in [-0.25, -0.2) is 9.78 Å². The van der Waals surface area contributed by atoms with Crippen molar-refractivity contribution in [2.75, 3.05) is 0 Å². The van der Waals surface area contributed by atoms with E-state index in [0.29, 0.717) is 10.6 Å².